The molecule has 2 rings (SSSR count). The molecule has 0 aliphatic rings. The molecule has 0 saturated heterocycles. The molecular weight excluding hydrogens is 214 g/mol. The minimum absolute atomic E-state index is 0.0981. The van der Waals surface area contributed by atoms with Crippen molar-refractivity contribution in [1.82, 2.24) is 15.3 Å². The fourth-order valence-electron chi connectivity index (χ4n) is 1.81. The summed E-state index contributed by atoms with van der Waals surface area (Å²) in [7, 11) is 1.67. The molecule has 0 radical (unpaired) electrons. The van der Waals surface area contributed by atoms with E-state index in [1.165, 1.54) is 5.56 Å². The van der Waals surface area contributed by atoms with Crippen LogP contribution in [0, 0.1) is 0 Å². The van der Waals surface area contributed by atoms with Gasteiger partial charge in [-0.25, -0.2) is 4.98 Å². The predicted molar refractivity (Wildman–Crippen MR) is 67.1 cm³/mol. The number of H-pyrrole nitrogens is 1. The van der Waals surface area contributed by atoms with Gasteiger partial charge in [0.2, 0.25) is 0 Å². The van der Waals surface area contributed by atoms with E-state index in [-0.39, 0.29) is 6.04 Å². The standard InChI is InChI=1S/C13H17N3O/c1-3-14-12(13-15-8-9-16-13)10-4-6-11(17-2)7-5-10/h4-9,12,14H,3H2,1-2H3,(H,15,16). The van der Waals surface area contributed by atoms with E-state index in [4.69, 9.17) is 4.74 Å². The molecule has 4 heteroatoms. The average Bonchev–Trinajstić information content (AvgIpc) is 2.90. The number of imidazole rings is 1. The van der Waals surface area contributed by atoms with Crippen molar-refractivity contribution >= 4 is 0 Å². The Labute approximate surface area is 101 Å². The quantitative estimate of drug-likeness (QED) is 0.828. The Bertz CT molecular complexity index is 436. The van der Waals surface area contributed by atoms with Gasteiger partial charge in [-0.15, -0.1) is 0 Å². The lowest BCUT2D eigenvalue weighted by atomic mass is 10.1. The van der Waals surface area contributed by atoms with E-state index in [1.807, 2.05) is 18.3 Å². The molecule has 90 valence electrons. The van der Waals surface area contributed by atoms with Gasteiger partial charge in [0.15, 0.2) is 0 Å². The number of nitrogens with one attached hydrogen (secondary N) is 2. The van der Waals surface area contributed by atoms with Crippen LogP contribution in [0.25, 0.3) is 0 Å². The van der Waals surface area contributed by atoms with E-state index < -0.39 is 0 Å². The smallest absolute Gasteiger partial charge is 0.127 e. The van der Waals surface area contributed by atoms with E-state index in [2.05, 4.69) is 34.3 Å². The number of hydrogen-bond acceptors (Lipinski definition) is 3. The molecule has 2 N–H and O–H groups in total. The highest BCUT2D eigenvalue weighted by molar-refractivity contribution is 5.31. The van der Waals surface area contributed by atoms with Crippen LogP contribution < -0.4 is 10.1 Å². The monoisotopic (exact) mass is 231 g/mol. The molecule has 0 aliphatic carbocycles. The van der Waals surface area contributed by atoms with E-state index in [0.717, 1.165) is 18.1 Å². The van der Waals surface area contributed by atoms with Crippen molar-refractivity contribution in [3.63, 3.8) is 0 Å². The van der Waals surface area contributed by atoms with Crippen molar-refractivity contribution < 1.29 is 4.74 Å². The van der Waals surface area contributed by atoms with Crippen LogP contribution in [0.3, 0.4) is 0 Å². The Kier molecular flexibility index (Phi) is 3.77. The summed E-state index contributed by atoms with van der Waals surface area (Å²) in [6.07, 6.45) is 3.60. The van der Waals surface area contributed by atoms with Crippen molar-refractivity contribution in [1.29, 1.82) is 0 Å². The van der Waals surface area contributed by atoms with Crippen molar-refractivity contribution in [2.75, 3.05) is 13.7 Å². The first-order chi connectivity index (χ1) is 8.35. The molecule has 1 atom stereocenters. The summed E-state index contributed by atoms with van der Waals surface area (Å²) in [4.78, 5) is 7.45. The van der Waals surface area contributed by atoms with Gasteiger partial charge in [-0.2, -0.15) is 0 Å². The van der Waals surface area contributed by atoms with Crippen molar-refractivity contribution in [2.24, 2.45) is 0 Å². The SMILES string of the molecule is CCNC(c1ccc(OC)cc1)c1ncc[nH]1. The summed E-state index contributed by atoms with van der Waals surface area (Å²) in [5, 5.41) is 3.40. The zero-order valence-electron chi connectivity index (χ0n) is 10.1. The number of rotatable bonds is 5. The maximum Gasteiger partial charge on any atom is 0.127 e. The van der Waals surface area contributed by atoms with Gasteiger partial charge in [0.1, 0.15) is 11.6 Å². The molecule has 1 aromatic heterocycles. The number of nitrogens with zero attached hydrogens (tertiary/aromatic N) is 1. The average molecular weight is 231 g/mol. The first-order valence-electron chi connectivity index (χ1n) is 5.71. The van der Waals surface area contributed by atoms with Crippen LogP contribution in [0.15, 0.2) is 36.7 Å². The second kappa shape index (κ2) is 5.50. The molecule has 4 nitrogen and oxygen atoms in total. The molecule has 17 heavy (non-hydrogen) atoms. The zero-order chi connectivity index (χ0) is 12.1. The topological polar surface area (TPSA) is 49.9 Å². The van der Waals surface area contributed by atoms with Crippen LogP contribution in [0.4, 0.5) is 0 Å². The lowest BCUT2D eigenvalue weighted by Gasteiger charge is -2.16. The van der Waals surface area contributed by atoms with Gasteiger partial charge in [0.25, 0.3) is 0 Å². The zero-order valence-corrected chi connectivity index (χ0v) is 10.1. The van der Waals surface area contributed by atoms with Gasteiger partial charge in [0.05, 0.1) is 13.2 Å². The van der Waals surface area contributed by atoms with Crippen LogP contribution in [-0.2, 0) is 0 Å². The third-order valence-electron chi connectivity index (χ3n) is 2.65. The number of aromatic nitrogens is 2. The number of hydrogen-bond donors (Lipinski definition) is 2. The summed E-state index contributed by atoms with van der Waals surface area (Å²) in [6.45, 7) is 2.97. The van der Waals surface area contributed by atoms with Crippen LogP contribution in [-0.4, -0.2) is 23.6 Å². The molecule has 1 heterocycles. The molecular formula is C13H17N3O. The normalized spacial score (nSPS) is 12.4. The van der Waals surface area contributed by atoms with Crippen molar-refractivity contribution in [3.05, 3.63) is 48.0 Å². The highest BCUT2D eigenvalue weighted by Crippen LogP contribution is 2.21. The Morgan fingerprint density at radius 2 is 2.12 bits per heavy atom. The van der Waals surface area contributed by atoms with E-state index in [1.54, 1.807) is 13.3 Å². The van der Waals surface area contributed by atoms with Crippen LogP contribution in [0.1, 0.15) is 24.4 Å². The molecule has 1 aromatic carbocycles. The summed E-state index contributed by atoms with van der Waals surface area (Å²) in [5.74, 6) is 1.79. The Hall–Kier alpha value is -1.81. The molecule has 2 aromatic rings. The molecule has 0 fully saturated rings. The first kappa shape index (κ1) is 11.7. The van der Waals surface area contributed by atoms with E-state index >= 15 is 0 Å². The van der Waals surface area contributed by atoms with Crippen LogP contribution >= 0.6 is 0 Å². The number of benzene rings is 1. The summed E-state index contributed by atoms with van der Waals surface area (Å²) < 4.78 is 5.16. The Balaban J connectivity index is 2.26. The number of methoxy groups -OCH3 is 1. The van der Waals surface area contributed by atoms with Gasteiger partial charge < -0.3 is 15.0 Å². The fourth-order valence-corrected chi connectivity index (χ4v) is 1.81. The Morgan fingerprint density at radius 3 is 2.65 bits per heavy atom. The summed E-state index contributed by atoms with van der Waals surface area (Å²) in [6, 6.07) is 8.12. The maximum absolute atomic E-state index is 5.16. The predicted octanol–water partition coefficient (Wildman–Crippen LogP) is 2.12. The van der Waals surface area contributed by atoms with Crippen LogP contribution in [0.5, 0.6) is 5.75 Å². The van der Waals surface area contributed by atoms with Crippen molar-refractivity contribution in [2.45, 2.75) is 13.0 Å². The molecule has 0 amide bonds. The third-order valence-corrected chi connectivity index (χ3v) is 2.65. The minimum Gasteiger partial charge on any atom is -0.497 e. The van der Waals surface area contributed by atoms with Crippen LogP contribution in [0.2, 0.25) is 0 Å². The lowest BCUT2D eigenvalue weighted by Crippen LogP contribution is -2.23. The van der Waals surface area contributed by atoms with E-state index in [9.17, 15) is 0 Å². The van der Waals surface area contributed by atoms with Crippen molar-refractivity contribution in [3.8, 4) is 5.75 Å². The number of aromatic amines is 1. The van der Waals surface area contributed by atoms with E-state index in [0.29, 0.717) is 0 Å². The minimum atomic E-state index is 0.0981. The highest BCUT2D eigenvalue weighted by Gasteiger charge is 2.14. The maximum atomic E-state index is 5.16. The largest absolute Gasteiger partial charge is 0.497 e. The highest BCUT2D eigenvalue weighted by atomic mass is 16.5. The molecule has 0 bridgehead atoms. The summed E-state index contributed by atoms with van der Waals surface area (Å²) >= 11 is 0. The first-order valence-corrected chi connectivity index (χ1v) is 5.71. The molecule has 1 unspecified atom stereocenters. The van der Waals surface area contributed by atoms with Gasteiger partial charge in [0, 0.05) is 12.4 Å². The van der Waals surface area contributed by atoms with Gasteiger partial charge in [-0.1, -0.05) is 19.1 Å². The Morgan fingerprint density at radius 1 is 1.35 bits per heavy atom. The fraction of sp³-hybridized carbons (Fsp3) is 0.308. The summed E-state index contributed by atoms with van der Waals surface area (Å²) in [5.41, 5.74) is 1.17. The molecule has 0 aliphatic heterocycles. The second-order valence-corrected chi connectivity index (χ2v) is 3.74. The van der Waals surface area contributed by atoms with Gasteiger partial charge in [-0.05, 0) is 24.2 Å². The number of ether oxygens (including phenoxy) is 1. The van der Waals surface area contributed by atoms with Gasteiger partial charge >= 0.3 is 0 Å². The second-order valence-electron chi connectivity index (χ2n) is 3.74. The van der Waals surface area contributed by atoms with Gasteiger partial charge in [-0.3, -0.25) is 0 Å². The molecule has 0 saturated carbocycles. The third kappa shape index (κ3) is 2.65. The lowest BCUT2D eigenvalue weighted by molar-refractivity contribution is 0.414. The molecule has 0 spiro atoms.